The Labute approximate surface area is 120 Å². The largest absolute Gasteiger partial charge is 0.480 e. The van der Waals surface area contributed by atoms with Gasteiger partial charge in [0, 0.05) is 0 Å². The molecule has 0 aliphatic heterocycles. The van der Waals surface area contributed by atoms with Crippen LogP contribution in [0.15, 0.2) is 17.5 Å². The number of carboxylic acid groups (broad SMARTS) is 1. The van der Waals surface area contributed by atoms with Gasteiger partial charge in [-0.3, -0.25) is 9.59 Å². The van der Waals surface area contributed by atoms with Crippen molar-refractivity contribution in [3.63, 3.8) is 0 Å². The van der Waals surface area contributed by atoms with Crippen LogP contribution in [0, 0.1) is 5.92 Å². The van der Waals surface area contributed by atoms with E-state index >= 15 is 0 Å². The van der Waals surface area contributed by atoms with E-state index in [1.807, 2.05) is 0 Å². The van der Waals surface area contributed by atoms with Crippen molar-refractivity contribution < 1.29 is 19.5 Å². The topological polar surface area (TPSA) is 95.5 Å². The van der Waals surface area contributed by atoms with Crippen LogP contribution in [0.5, 0.6) is 0 Å². The van der Waals surface area contributed by atoms with Crippen LogP contribution in [0.4, 0.5) is 0 Å². The average molecular weight is 296 g/mol. The van der Waals surface area contributed by atoms with E-state index in [4.69, 9.17) is 5.11 Å². The quantitative estimate of drug-likeness (QED) is 0.695. The number of thiophene rings is 1. The Morgan fingerprint density at radius 1 is 1.40 bits per heavy atom. The Balaban J connectivity index is 1.76. The molecule has 6 nitrogen and oxygen atoms in total. The van der Waals surface area contributed by atoms with Crippen molar-refractivity contribution in [2.24, 2.45) is 5.92 Å². The lowest BCUT2D eigenvalue weighted by Gasteiger charge is -2.14. The highest BCUT2D eigenvalue weighted by Crippen LogP contribution is 2.33. The number of carbonyl (C=O) groups excluding carboxylic acids is 2. The molecule has 1 aromatic rings. The van der Waals surface area contributed by atoms with E-state index < -0.39 is 17.9 Å². The van der Waals surface area contributed by atoms with Gasteiger partial charge in [-0.1, -0.05) is 18.9 Å². The Morgan fingerprint density at radius 2 is 2.15 bits per heavy atom. The summed E-state index contributed by atoms with van der Waals surface area (Å²) in [6, 6.07) is 2.54. The summed E-state index contributed by atoms with van der Waals surface area (Å²) in [7, 11) is 0. The second-order valence-corrected chi connectivity index (χ2v) is 5.75. The molecule has 1 heterocycles. The molecule has 0 spiro atoms. The summed E-state index contributed by atoms with van der Waals surface area (Å²) in [6.07, 6.45) is 2.50. The lowest BCUT2D eigenvalue weighted by molar-refractivity contribution is -0.142. The minimum atomic E-state index is -1.03. The van der Waals surface area contributed by atoms with Gasteiger partial charge in [-0.25, -0.2) is 4.79 Å². The van der Waals surface area contributed by atoms with E-state index in [9.17, 15) is 14.4 Å². The monoisotopic (exact) mass is 296 g/mol. The van der Waals surface area contributed by atoms with Gasteiger partial charge in [0.05, 0.1) is 11.4 Å². The molecule has 1 aliphatic carbocycles. The Hall–Kier alpha value is -1.89. The third-order valence-corrected chi connectivity index (χ3v) is 3.92. The van der Waals surface area contributed by atoms with Gasteiger partial charge in [-0.05, 0) is 23.8 Å². The molecule has 0 aromatic carbocycles. The van der Waals surface area contributed by atoms with Gasteiger partial charge in [0.2, 0.25) is 5.91 Å². The van der Waals surface area contributed by atoms with E-state index in [0.29, 0.717) is 17.2 Å². The fourth-order valence-corrected chi connectivity index (χ4v) is 2.45. The van der Waals surface area contributed by atoms with Crippen molar-refractivity contribution in [3.05, 3.63) is 22.4 Å². The standard InChI is InChI=1S/C13H16N2O4S/c16-11(7-14-12(17)10-2-1-5-20-10)15-9(13(18)19)6-8-3-4-8/h1-2,5,8-9H,3-4,6-7H2,(H,14,17)(H,15,16)(H,18,19). The maximum atomic E-state index is 11.6. The van der Waals surface area contributed by atoms with Gasteiger partial charge in [0.25, 0.3) is 5.91 Å². The molecule has 1 saturated carbocycles. The number of carboxylic acids is 1. The molecule has 1 aromatic heterocycles. The predicted octanol–water partition coefficient (Wildman–Crippen LogP) is 0.847. The van der Waals surface area contributed by atoms with Crippen LogP contribution in [0.3, 0.4) is 0 Å². The summed E-state index contributed by atoms with van der Waals surface area (Å²) in [5.74, 6) is -1.45. The van der Waals surface area contributed by atoms with Crippen molar-refractivity contribution >= 4 is 29.1 Å². The first kappa shape index (κ1) is 14.5. The Bertz CT molecular complexity index is 496. The van der Waals surface area contributed by atoms with E-state index in [1.54, 1.807) is 17.5 Å². The van der Waals surface area contributed by atoms with Gasteiger partial charge in [-0.2, -0.15) is 0 Å². The van der Waals surface area contributed by atoms with Crippen LogP contribution in [-0.2, 0) is 9.59 Å². The molecule has 7 heteroatoms. The second kappa shape index (κ2) is 6.51. The average Bonchev–Trinajstić information content (AvgIpc) is 3.05. The lowest BCUT2D eigenvalue weighted by Crippen LogP contribution is -2.45. The van der Waals surface area contributed by atoms with Crippen molar-refractivity contribution in [1.82, 2.24) is 10.6 Å². The molecule has 0 bridgehead atoms. The van der Waals surface area contributed by atoms with Crippen LogP contribution >= 0.6 is 11.3 Å². The minimum absolute atomic E-state index is 0.217. The van der Waals surface area contributed by atoms with Crippen molar-refractivity contribution in [2.45, 2.75) is 25.3 Å². The normalized spacial score (nSPS) is 15.4. The molecule has 3 N–H and O–H groups in total. The zero-order chi connectivity index (χ0) is 14.5. The molecule has 20 heavy (non-hydrogen) atoms. The molecule has 0 saturated heterocycles. The van der Waals surface area contributed by atoms with E-state index in [-0.39, 0.29) is 12.5 Å². The maximum absolute atomic E-state index is 11.6. The first-order chi connectivity index (χ1) is 9.56. The number of aliphatic carboxylic acids is 1. The molecule has 2 amide bonds. The maximum Gasteiger partial charge on any atom is 0.326 e. The van der Waals surface area contributed by atoms with Gasteiger partial charge >= 0.3 is 5.97 Å². The van der Waals surface area contributed by atoms with E-state index in [0.717, 1.165) is 12.8 Å². The number of nitrogens with one attached hydrogen (secondary N) is 2. The van der Waals surface area contributed by atoms with E-state index in [2.05, 4.69) is 10.6 Å². The smallest absolute Gasteiger partial charge is 0.326 e. The highest BCUT2D eigenvalue weighted by molar-refractivity contribution is 7.12. The second-order valence-electron chi connectivity index (χ2n) is 4.80. The molecular weight excluding hydrogens is 280 g/mol. The fourth-order valence-electron chi connectivity index (χ4n) is 1.81. The van der Waals surface area contributed by atoms with Crippen molar-refractivity contribution in [2.75, 3.05) is 6.54 Å². The zero-order valence-corrected chi connectivity index (χ0v) is 11.6. The van der Waals surface area contributed by atoms with Crippen LogP contribution in [0.1, 0.15) is 28.9 Å². The number of hydrogen-bond acceptors (Lipinski definition) is 4. The van der Waals surface area contributed by atoms with Crippen LogP contribution < -0.4 is 10.6 Å². The molecule has 1 aliphatic rings. The predicted molar refractivity (Wildman–Crippen MR) is 73.6 cm³/mol. The zero-order valence-electron chi connectivity index (χ0n) is 10.8. The number of hydrogen-bond donors (Lipinski definition) is 3. The Kier molecular flexibility index (Phi) is 4.73. The van der Waals surface area contributed by atoms with Crippen LogP contribution in [0.25, 0.3) is 0 Å². The molecule has 1 fully saturated rings. The summed E-state index contributed by atoms with van der Waals surface area (Å²) in [5, 5.41) is 15.7. The molecule has 108 valence electrons. The summed E-state index contributed by atoms with van der Waals surface area (Å²) in [5.41, 5.74) is 0. The summed E-state index contributed by atoms with van der Waals surface area (Å²) < 4.78 is 0. The first-order valence-electron chi connectivity index (χ1n) is 6.40. The number of rotatable bonds is 7. The van der Waals surface area contributed by atoms with Crippen molar-refractivity contribution in [1.29, 1.82) is 0 Å². The van der Waals surface area contributed by atoms with Crippen molar-refractivity contribution in [3.8, 4) is 0 Å². The highest BCUT2D eigenvalue weighted by atomic mass is 32.1. The van der Waals surface area contributed by atoms with Gasteiger partial charge in [0.15, 0.2) is 0 Å². The SMILES string of the molecule is O=C(CNC(=O)c1cccs1)NC(CC1CC1)C(=O)O. The summed E-state index contributed by atoms with van der Waals surface area (Å²) in [6.45, 7) is -0.217. The number of carbonyl (C=O) groups is 3. The molecule has 2 rings (SSSR count). The summed E-state index contributed by atoms with van der Waals surface area (Å²) in [4.78, 5) is 34.8. The third kappa shape index (κ3) is 4.34. The third-order valence-electron chi connectivity index (χ3n) is 3.05. The van der Waals surface area contributed by atoms with E-state index in [1.165, 1.54) is 11.3 Å². The highest BCUT2D eigenvalue weighted by Gasteiger charge is 2.30. The molecule has 1 atom stereocenters. The van der Waals surface area contributed by atoms with Crippen LogP contribution in [0.2, 0.25) is 0 Å². The van der Waals surface area contributed by atoms with Gasteiger partial charge < -0.3 is 15.7 Å². The molecular formula is C13H16N2O4S. The van der Waals surface area contributed by atoms with Crippen LogP contribution in [-0.4, -0.2) is 35.5 Å². The molecule has 1 unspecified atom stereocenters. The fraction of sp³-hybridized carbons (Fsp3) is 0.462. The molecule has 0 radical (unpaired) electrons. The lowest BCUT2D eigenvalue weighted by atomic mass is 10.1. The Morgan fingerprint density at radius 3 is 2.70 bits per heavy atom. The van der Waals surface area contributed by atoms with Gasteiger partial charge in [0.1, 0.15) is 6.04 Å². The minimum Gasteiger partial charge on any atom is -0.480 e. The first-order valence-corrected chi connectivity index (χ1v) is 7.28. The number of amides is 2. The summed E-state index contributed by atoms with van der Waals surface area (Å²) >= 11 is 1.28. The van der Waals surface area contributed by atoms with Gasteiger partial charge in [-0.15, -0.1) is 11.3 Å².